The lowest BCUT2D eigenvalue weighted by molar-refractivity contribution is -0.142. The SMILES string of the molecule is CCOC(=O)Cc1nc(C2(c3ccccc3)CCC2)no1. The third-order valence-electron chi connectivity index (χ3n) is 4.03. The van der Waals surface area contributed by atoms with E-state index in [0.717, 1.165) is 19.3 Å². The molecule has 0 saturated heterocycles. The molecule has 0 N–H and O–H groups in total. The molecule has 0 unspecified atom stereocenters. The quantitative estimate of drug-likeness (QED) is 0.791. The van der Waals surface area contributed by atoms with Gasteiger partial charge < -0.3 is 9.26 Å². The van der Waals surface area contributed by atoms with Gasteiger partial charge in [0.2, 0.25) is 5.89 Å². The van der Waals surface area contributed by atoms with Gasteiger partial charge in [0, 0.05) is 0 Å². The van der Waals surface area contributed by atoms with Crippen LogP contribution in [-0.2, 0) is 21.4 Å². The van der Waals surface area contributed by atoms with Crippen LogP contribution in [0.15, 0.2) is 34.9 Å². The molecule has 0 spiro atoms. The number of hydrogen-bond donors (Lipinski definition) is 0. The Kier molecular flexibility index (Phi) is 3.73. The number of esters is 1. The highest BCUT2D eigenvalue weighted by atomic mass is 16.5. The smallest absolute Gasteiger partial charge is 0.315 e. The van der Waals surface area contributed by atoms with Crippen molar-refractivity contribution in [1.29, 1.82) is 0 Å². The van der Waals surface area contributed by atoms with E-state index in [1.54, 1.807) is 6.92 Å². The molecule has 110 valence electrons. The maximum absolute atomic E-state index is 11.5. The third-order valence-corrected chi connectivity index (χ3v) is 4.03. The minimum Gasteiger partial charge on any atom is -0.466 e. The minimum absolute atomic E-state index is 0.0334. The van der Waals surface area contributed by atoms with Crippen molar-refractivity contribution in [3.8, 4) is 0 Å². The highest BCUT2D eigenvalue weighted by molar-refractivity contribution is 5.71. The monoisotopic (exact) mass is 286 g/mol. The first-order chi connectivity index (χ1) is 10.2. The van der Waals surface area contributed by atoms with E-state index in [-0.39, 0.29) is 17.8 Å². The van der Waals surface area contributed by atoms with Gasteiger partial charge in [-0.25, -0.2) is 0 Å². The molecule has 0 atom stereocenters. The van der Waals surface area contributed by atoms with Gasteiger partial charge in [0.1, 0.15) is 6.42 Å². The number of benzene rings is 1. The highest BCUT2D eigenvalue weighted by Gasteiger charge is 2.44. The Labute approximate surface area is 123 Å². The molecule has 1 aliphatic rings. The predicted molar refractivity (Wildman–Crippen MR) is 75.7 cm³/mol. The van der Waals surface area contributed by atoms with Crippen LogP contribution in [0, 0.1) is 0 Å². The van der Waals surface area contributed by atoms with Crippen LogP contribution in [0.4, 0.5) is 0 Å². The molecule has 1 heterocycles. The number of carbonyl (C=O) groups is 1. The Balaban J connectivity index is 1.83. The van der Waals surface area contributed by atoms with Crippen molar-refractivity contribution >= 4 is 5.97 Å². The maximum atomic E-state index is 11.5. The van der Waals surface area contributed by atoms with Gasteiger partial charge in [-0.2, -0.15) is 4.98 Å². The Hall–Kier alpha value is -2.17. The fraction of sp³-hybridized carbons (Fsp3) is 0.438. The maximum Gasteiger partial charge on any atom is 0.315 e. The van der Waals surface area contributed by atoms with Crippen LogP contribution in [0.5, 0.6) is 0 Å². The van der Waals surface area contributed by atoms with E-state index in [1.165, 1.54) is 5.56 Å². The van der Waals surface area contributed by atoms with Gasteiger partial charge in [-0.1, -0.05) is 41.9 Å². The molecule has 0 bridgehead atoms. The Bertz CT molecular complexity index is 617. The number of hydrogen-bond acceptors (Lipinski definition) is 5. The van der Waals surface area contributed by atoms with Crippen molar-refractivity contribution in [3.63, 3.8) is 0 Å². The minimum atomic E-state index is -0.338. The first-order valence-corrected chi connectivity index (χ1v) is 7.29. The first kappa shape index (κ1) is 13.8. The van der Waals surface area contributed by atoms with Crippen molar-refractivity contribution < 1.29 is 14.1 Å². The van der Waals surface area contributed by atoms with Gasteiger partial charge in [0.25, 0.3) is 0 Å². The van der Waals surface area contributed by atoms with Crippen molar-refractivity contribution in [2.24, 2.45) is 0 Å². The van der Waals surface area contributed by atoms with E-state index >= 15 is 0 Å². The van der Waals surface area contributed by atoms with E-state index in [2.05, 4.69) is 22.3 Å². The molecular weight excluding hydrogens is 268 g/mol. The molecule has 5 nitrogen and oxygen atoms in total. The molecule has 5 heteroatoms. The number of aromatic nitrogens is 2. The molecule has 21 heavy (non-hydrogen) atoms. The zero-order valence-electron chi connectivity index (χ0n) is 12.0. The topological polar surface area (TPSA) is 65.2 Å². The number of nitrogens with zero attached hydrogens (tertiary/aromatic N) is 2. The van der Waals surface area contributed by atoms with E-state index in [0.29, 0.717) is 18.3 Å². The van der Waals surface area contributed by atoms with Crippen molar-refractivity contribution in [1.82, 2.24) is 10.1 Å². The molecule has 1 aromatic carbocycles. The van der Waals surface area contributed by atoms with Gasteiger partial charge >= 0.3 is 5.97 Å². The van der Waals surface area contributed by atoms with Crippen LogP contribution in [0.25, 0.3) is 0 Å². The molecule has 1 fully saturated rings. The first-order valence-electron chi connectivity index (χ1n) is 7.29. The largest absolute Gasteiger partial charge is 0.466 e. The van der Waals surface area contributed by atoms with Crippen LogP contribution in [0.1, 0.15) is 43.5 Å². The van der Waals surface area contributed by atoms with Crippen LogP contribution in [0.3, 0.4) is 0 Å². The van der Waals surface area contributed by atoms with Crippen LogP contribution < -0.4 is 0 Å². The fourth-order valence-electron chi connectivity index (χ4n) is 2.79. The molecule has 0 radical (unpaired) electrons. The Morgan fingerprint density at radius 3 is 2.71 bits per heavy atom. The van der Waals surface area contributed by atoms with Crippen LogP contribution in [0.2, 0.25) is 0 Å². The summed E-state index contributed by atoms with van der Waals surface area (Å²) in [4.78, 5) is 15.9. The lowest BCUT2D eigenvalue weighted by Gasteiger charge is -2.39. The van der Waals surface area contributed by atoms with Crippen molar-refractivity contribution in [3.05, 3.63) is 47.6 Å². The predicted octanol–water partition coefficient (Wildman–Crippen LogP) is 2.65. The average Bonchev–Trinajstić information content (AvgIpc) is 2.87. The highest BCUT2D eigenvalue weighted by Crippen LogP contribution is 2.47. The van der Waals surface area contributed by atoms with E-state index in [4.69, 9.17) is 9.26 Å². The van der Waals surface area contributed by atoms with E-state index < -0.39 is 0 Å². The molecule has 1 aromatic heterocycles. The fourth-order valence-corrected chi connectivity index (χ4v) is 2.79. The molecule has 0 aliphatic heterocycles. The molecule has 3 rings (SSSR count). The number of carbonyl (C=O) groups excluding carboxylic acids is 1. The summed E-state index contributed by atoms with van der Waals surface area (Å²) in [6, 6.07) is 10.2. The van der Waals surface area contributed by atoms with Crippen LogP contribution in [-0.4, -0.2) is 22.7 Å². The second-order valence-corrected chi connectivity index (χ2v) is 5.30. The van der Waals surface area contributed by atoms with Gasteiger partial charge in [0.15, 0.2) is 5.82 Å². The normalized spacial score (nSPS) is 16.2. The van der Waals surface area contributed by atoms with Crippen LogP contribution >= 0.6 is 0 Å². The number of ether oxygens (including phenoxy) is 1. The Morgan fingerprint density at radius 1 is 1.33 bits per heavy atom. The Morgan fingerprint density at radius 2 is 2.10 bits per heavy atom. The zero-order valence-corrected chi connectivity index (χ0v) is 12.0. The summed E-state index contributed by atoms with van der Waals surface area (Å²) >= 11 is 0. The molecule has 1 saturated carbocycles. The molecular formula is C16H18N2O3. The van der Waals surface area contributed by atoms with Gasteiger partial charge in [0.05, 0.1) is 12.0 Å². The summed E-state index contributed by atoms with van der Waals surface area (Å²) < 4.78 is 10.1. The van der Waals surface area contributed by atoms with Gasteiger partial charge in [-0.15, -0.1) is 0 Å². The molecule has 2 aromatic rings. The standard InChI is InChI=1S/C16H18N2O3/c1-2-20-14(19)11-13-17-15(18-21-13)16(9-6-10-16)12-7-4-3-5-8-12/h3-5,7-8H,2,6,9-11H2,1H3. The van der Waals surface area contributed by atoms with Crippen molar-refractivity contribution in [2.75, 3.05) is 6.61 Å². The summed E-state index contributed by atoms with van der Waals surface area (Å²) in [5.41, 5.74) is 1.05. The van der Waals surface area contributed by atoms with Gasteiger partial charge in [-0.3, -0.25) is 4.79 Å². The lowest BCUT2D eigenvalue weighted by atomic mass is 9.64. The van der Waals surface area contributed by atoms with E-state index in [9.17, 15) is 4.79 Å². The summed E-state index contributed by atoms with van der Waals surface area (Å²) in [5, 5.41) is 4.11. The second-order valence-electron chi connectivity index (χ2n) is 5.30. The van der Waals surface area contributed by atoms with Gasteiger partial charge in [-0.05, 0) is 25.3 Å². The number of rotatable bonds is 5. The zero-order chi connectivity index (χ0) is 14.7. The summed E-state index contributed by atoms with van der Waals surface area (Å²) in [5.74, 6) is 0.667. The third kappa shape index (κ3) is 2.55. The molecule has 0 amide bonds. The van der Waals surface area contributed by atoms with Crippen molar-refractivity contribution in [2.45, 2.75) is 38.0 Å². The summed E-state index contributed by atoms with van der Waals surface area (Å²) in [6.45, 7) is 2.13. The lowest BCUT2D eigenvalue weighted by Crippen LogP contribution is -2.36. The average molecular weight is 286 g/mol. The second kappa shape index (κ2) is 5.68. The summed E-state index contributed by atoms with van der Waals surface area (Å²) in [6.07, 6.45) is 3.20. The van der Waals surface area contributed by atoms with E-state index in [1.807, 2.05) is 18.2 Å². The summed E-state index contributed by atoms with van der Waals surface area (Å²) in [7, 11) is 0. The molecule has 1 aliphatic carbocycles.